The molecule has 1 heterocycles. The lowest BCUT2D eigenvalue weighted by Crippen LogP contribution is -2.23. The average molecular weight is 357 g/mol. The number of nitrogens with one attached hydrogen (secondary N) is 1. The molecule has 1 aromatic carbocycles. The minimum atomic E-state index is -2.85. The number of carbonyl (C=O) groups is 1. The SMILES string of the molecule is O=C(NCc1ccc(OC(F)F)cc1)c1ccc(Br)cn1. The number of hydrogen-bond donors (Lipinski definition) is 1. The van der Waals surface area contributed by atoms with Crippen LogP contribution in [0.15, 0.2) is 47.1 Å². The number of halogens is 3. The van der Waals surface area contributed by atoms with Crippen molar-refractivity contribution in [2.45, 2.75) is 13.2 Å². The highest BCUT2D eigenvalue weighted by Gasteiger charge is 2.07. The number of pyridine rings is 1. The van der Waals surface area contributed by atoms with E-state index in [1.165, 1.54) is 18.3 Å². The molecule has 0 unspecified atom stereocenters. The van der Waals surface area contributed by atoms with Crippen molar-refractivity contribution in [3.63, 3.8) is 0 Å². The first-order valence-corrected chi connectivity index (χ1v) is 6.77. The maximum atomic E-state index is 12.0. The van der Waals surface area contributed by atoms with Gasteiger partial charge in [0, 0.05) is 17.2 Å². The smallest absolute Gasteiger partial charge is 0.387 e. The van der Waals surface area contributed by atoms with Gasteiger partial charge >= 0.3 is 6.61 Å². The molecule has 21 heavy (non-hydrogen) atoms. The van der Waals surface area contributed by atoms with Crippen LogP contribution >= 0.6 is 15.9 Å². The first kappa shape index (κ1) is 15.4. The number of benzene rings is 1. The fourth-order valence-corrected chi connectivity index (χ4v) is 1.81. The highest BCUT2D eigenvalue weighted by molar-refractivity contribution is 9.10. The van der Waals surface area contributed by atoms with Gasteiger partial charge in [-0.25, -0.2) is 4.98 Å². The quantitative estimate of drug-likeness (QED) is 0.893. The van der Waals surface area contributed by atoms with E-state index in [0.717, 1.165) is 10.0 Å². The van der Waals surface area contributed by atoms with E-state index in [1.54, 1.807) is 24.3 Å². The second-order valence-electron chi connectivity index (χ2n) is 4.07. The number of amides is 1. The number of aromatic nitrogens is 1. The van der Waals surface area contributed by atoms with E-state index in [-0.39, 0.29) is 18.2 Å². The lowest BCUT2D eigenvalue weighted by atomic mass is 10.2. The fraction of sp³-hybridized carbons (Fsp3) is 0.143. The summed E-state index contributed by atoms with van der Waals surface area (Å²) in [5.74, 6) is -0.231. The molecule has 1 amide bonds. The van der Waals surface area contributed by atoms with Gasteiger partial charge in [-0.3, -0.25) is 4.79 Å². The highest BCUT2D eigenvalue weighted by atomic mass is 79.9. The number of ether oxygens (including phenoxy) is 1. The van der Waals surface area contributed by atoms with E-state index in [1.807, 2.05) is 0 Å². The van der Waals surface area contributed by atoms with Gasteiger partial charge < -0.3 is 10.1 Å². The molecule has 0 aliphatic carbocycles. The summed E-state index contributed by atoms with van der Waals surface area (Å²) in [5, 5.41) is 2.69. The van der Waals surface area contributed by atoms with Crippen molar-refractivity contribution < 1.29 is 18.3 Å². The number of hydrogen-bond acceptors (Lipinski definition) is 3. The molecule has 7 heteroatoms. The molecule has 110 valence electrons. The van der Waals surface area contributed by atoms with Crippen molar-refractivity contribution in [1.82, 2.24) is 10.3 Å². The van der Waals surface area contributed by atoms with E-state index in [2.05, 4.69) is 31.0 Å². The molecule has 0 fully saturated rings. The van der Waals surface area contributed by atoms with Gasteiger partial charge in [0.15, 0.2) is 0 Å². The van der Waals surface area contributed by atoms with Crippen LogP contribution in [0.2, 0.25) is 0 Å². The summed E-state index contributed by atoms with van der Waals surface area (Å²) in [6.45, 7) is -2.58. The second-order valence-corrected chi connectivity index (χ2v) is 4.98. The largest absolute Gasteiger partial charge is 0.435 e. The van der Waals surface area contributed by atoms with Crippen LogP contribution in [-0.4, -0.2) is 17.5 Å². The zero-order valence-electron chi connectivity index (χ0n) is 10.7. The van der Waals surface area contributed by atoms with E-state index in [0.29, 0.717) is 5.69 Å². The Labute approximate surface area is 128 Å². The molecular formula is C14H11BrF2N2O2. The number of rotatable bonds is 5. The monoisotopic (exact) mass is 356 g/mol. The molecule has 0 aliphatic rings. The first-order valence-electron chi connectivity index (χ1n) is 5.98. The second kappa shape index (κ2) is 7.12. The molecule has 0 saturated carbocycles. The Hall–Kier alpha value is -2.02. The van der Waals surface area contributed by atoms with Crippen molar-refractivity contribution in [2.24, 2.45) is 0 Å². The van der Waals surface area contributed by atoms with Gasteiger partial charge in [0.25, 0.3) is 5.91 Å². The van der Waals surface area contributed by atoms with Crippen LogP contribution in [0.1, 0.15) is 16.1 Å². The topological polar surface area (TPSA) is 51.2 Å². The standard InChI is InChI=1S/C14H11BrF2N2O2/c15-10-3-6-12(18-8-10)13(20)19-7-9-1-4-11(5-2-9)21-14(16)17/h1-6,8,14H,7H2,(H,19,20). The lowest BCUT2D eigenvalue weighted by molar-refractivity contribution is -0.0498. The van der Waals surface area contributed by atoms with Crippen molar-refractivity contribution >= 4 is 21.8 Å². The molecule has 1 aromatic heterocycles. The van der Waals surface area contributed by atoms with Gasteiger partial charge in [0.1, 0.15) is 11.4 Å². The normalized spacial score (nSPS) is 10.5. The van der Waals surface area contributed by atoms with E-state index in [9.17, 15) is 13.6 Å². The third-order valence-electron chi connectivity index (χ3n) is 2.56. The third kappa shape index (κ3) is 4.78. The summed E-state index contributed by atoms with van der Waals surface area (Å²) >= 11 is 3.23. The summed E-state index contributed by atoms with van der Waals surface area (Å²) < 4.78 is 29.0. The maximum Gasteiger partial charge on any atom is 0.387 e. The highest BCUT2D eigenvalue weighted by Crippen LogP contribution is 2.15. The molecule has 0 radical (unpaired) electrons. The van der Waals surface area contributed by atoms with Crippen molar-refractivity contribution in [2.75, 3.05) is 0 Å². The molecule has 0 aliphatic heterocycles. The lowest BCUT2D eigenvalue weighted by Gasteiger charge is -2.07. The molecule has 0 spiro atoms. The molecule has 2 rings (SSSR count). The van der Waals surface area contributed by atoms with Crippen LogP contribution in [0.5, 0.6) is 5.75 Å². The molecule has 0 atom stereocenters. The van der Waals surface area contributed by atoms with Crippen molar-refractivity contribution in [1.29, 1.82) is 0 Å². The van der Waals surface area contributed by atoms with Crippen LogP contribution in [-0.2, 0) is 6.54 Å². The molecular weight excluding hydrogens is 346 g/mol. The minimum Gasteiger partial charge on any atom is -0.435 e. The fourth-order valence-electron chi connectivity index (χ4n) is 1.57. The van der Waals surface area contributed by atoms with Crippen LogP contribution in [0.3, 0.4) is 0 Å². The van der Waals surface area contributed by atoms with Crippen molar-refractivity contribution in [3.05, 3.63) is 58.3 Å². The summed E-state index contributed by atoms with van der Waals surface area (Å²) in [6.07, 6.45) is 1.53. The summed E-state index contributed by atoms with van der Waals surface area (Å²) in [6, 6.07) is 9.37. The summed E-state index contributed by atoms with van der Waals surface area (Å²) in [4.78, 5) is 15.8. The zero-order valence-corrected chi connectivity index (χ0v) is 12.3. The van der Waals surface area contributed by atoms with Crippen LogP contribution in [0, 0.1) is 0 Å². The van der Waals surface area contributed by atoms with Gasteiger partial charge in [-0.05, 0) is 45.8 Å². The Morgan fingerprint density at radius 1 is 1.24 bits per heavy atom. The summed E-state index contributed by atoms with van der Waals surface area (Å²) in [5.41, 5.74) is 1.07. The summed E-state index contributed by atoms with van der Waals surface area (Å²) in [7, 11) is 0. The Balaban J connectivity index is 1.90. The van der Waals surface area contributed by atoms with E-state index in [4.69, 9.17) is 0 Å². The van der Waals surface area contributed by atoms with Crippen LogP contribution in [0.25, 0.3) is 0 Å². The van der Waals surface area contributed by atoms with Crippen molar-refractivity contribution in [3.8, 4) is 5.75 Å². The number of nitrogens with zero attached hydrogens (tertiary/aromatic N) is 1. The zero-order chi connectivity index (χ0) is 15.2. The molecule has 0 bridgehead atoms. The Kier molecular flexibility index (Phi) is 5.21. The Morgan fingerprint density at radius 2 is 1.95 bits per heavy atom. The molecule has 4 nitrogen and oxygen atoms in total. The minimum absolute atomic E-state index is 0.0784. The molecule has 2 aromatic rings. The first-order chi connectivity index (χ1) is 10.0. The average Bonchev–Trinajstić information content (AvgIpc) is 2.46. The Bertz CT molecular complexity index is 603. The maximum absolute atomic E-state index is 12.0. The van der Waals surface area contributed by atoms with Gasteiger partial charge in [-0.1, -0.05) is 12.1 Å². The Morgan fingerprint density at radius 3 is 2.52 bits per heavy atom. The van der Waals surface area contributed by atoms with Gasteiger partial charge in [-0.2, -0.15) is 8.78 Å². The number of alkyl halides is 2. The predicted octanol–water partition coefficient (Wildman–Crippen LogP) is 3.38. The van der Waals surface area contributed by atoms with E-state index >= 15 is 0 Å². The molecule has 0 saturated heterocycles. The third-order valence-corrected chi connectivity index (χ3v) is 3.03. The predicted molar refractivity (Wildman–Crippen MR) is 76.2 cm³/mol. The van der Waals surface area contributed by atoms with Gasteiger partial charge in [0.2, 0.25) is 0 Å². The van der Waals surface area contributed by atoms with E-state index < -0.39 is 6.61 Å². The van der Waals surface area contributed by atoms with Gasteiger partial charge in [0.05, 0.1) is 0 Å². The van der Waals surface area contributed by atoms with Crippen LogP contribution < -0.4 is 10.1 Å². The molecule has 1 N–H and O–H groups in total. The van der Waals surface area contributed by atoms with Gasteiger partial charge in [-0.15, -0.1) is 0 Å². The number of carbonyl (C=O) groups excluding carboxylic acids is 1. The van der Waals surface area contributed by atoms with Crippen LogP contribution in [0.4, 0.5) is 8.78 Å².